The highest BCUT2D eigenvalue weighted by Crippen LogP contribution is 2.19. The van der Waals surface area contributed by atoms with Gasteiger partial charge >= 0.3 is 5.97 Å². The number of carboxylic acid groups (broad SMARTS) is 1. The maximum atomic E-state index is 13.4. The predicted octanol–water partition coefficient (Wildman–Crippen LogP) is -1.06. The molecule has 2 heterocycles. The van der Waals surface area contributed by atoms with Gasteiger partial charge in [-0.3, -0.25) is 19.2 Å². The second-order valence-electron chi connectivity index (χ2n) is 10.3. The molecular weight excluding hydrogens is 558 g/mol. The Labute approximate surface area is 247 Å². The van der Waals surface area contributed by atoms with Crippen LogP contribution in [-0.2, 0) is 36.8 Å². The van der Waals surface area contributed by atoms with Gasteiger partial charge in [0, 0.05) is 41.8 Å². The van der Waals surface area contributed by atoms with Crippen LogP contribution in [0, 0.1) is 0 Å². The minimum absolute atomic E-state index is 0.0594. The van der Waals surface area contributed by atoms with Crippen LogP contribution in [0.5, 0.6) is 0 Å². The third kappa shape index (κ3) is 9.93. The number of amides is 4. The van der Waals surface area contributed by atoms with Gasteiger partial charge in [-0.2, -0.15) is 0 Å². The van der Waals surface area contributed by atoms with Crippen LogP contribution in [0.25, 0.3) is 10.9 Å². The Morgan fingerprint density at radius 3 is 2.21 bits per heavy atom. The van der Waals surface area contributed by atoms with Gasteiger partial charge in [0.1, 0.15) is 18.1 Å². The molecule has 0 bridgehead atoms. The number of fused-ring (bicyclic) bond motifs is 1. The molecule has 4 atom stereocenters. The number of carboxylic acids is 1. The first-order valence-electron chi connectivity index (χ1n) is 14.0. The standard InChI is InChI=1S/C28H39N9O6/c29-10-4-3-7-21(26(40)37-23(28(42)43)12-17-14-32-15-34-17)36-27(41)22(8-9-24(31)38)35-25(39)19(30)11-16-13-33-20-6-2-1-5-18(16)20/h1-2,5-6,13-15,19,21-23,33H,3-4,7-12,29-30H2,(H2,31,38)(H,32,34)(H,35,39)(H,36,41)(H,37,40)(H,42,43). The highest BCUT2D eigenvalue weighted by molar-refractivity contribution is 5.94. The van der Waals surface area contributed by atoms with Gasteiger partial charge in [0.25, 0.3) is 0 Å². The lowest BCUT2D eigenvalue weighted by Crippen LogP contribution is -2.57. The first kappa shape index (κ1) is 32.8. The summed E-state index contributed by atoms with van der Waals surface area (Å²) in [4.78, 5) is 72.7. The van der Waals surface area contributed by atoms with Gasteiger partial charge < -0.3 is 48.2 Å². The molecule has 15 heteroatoms. The summed E-state index contributed by atoms with van der Waals surface area (Å²) in [5.74, 6) is -4.07. The Morgan fingerprint density at radius 1 is 0.884 bits per heavy atom. The fourth-order valence-corrected chi connectivity index (χ4v) is 4.59. The van der Waals surface area contributed by atoms with E-state index < -0.39 is 53.8 Å². The molecule has 1 aromatic carbocycles. The molecule has 43 heavy (non-hydrogen) atoms. The van der Waals surface area contributed by atoms with Crippen LogP contribution >= 0.6 is 0 Å². The summed E-state index contributed by atoms with van der Waals surface area (Å²) in [6.07, 6.45) is 5.52. The topological polar surface area (TPSA) is 264 Å². The normalized spacial score (nSPS) is 13.9. The van der Waals surface area contributed by atoms with Crippen LogP contribution < -0.4 is 33.2 Å². The Balaban J connectivity index is 1.71. The van der Waals surface area contributed by atoms with Crippen molar-refractivity contribution in [2.75, 3.05) is 6.54 Å². The van der Waals surface area contributed by atoms with Crippen molar-refractivity contribution in [1.82, 2.24) is 30.9 Å². The quantitative estimate of drug-likeness (QED) is 0.0807. The summed E-state index contributed by atoms with van der Waals surface area (Å²) >= 11 is 0. The van der Waals surface area contributed by atoms with Crippen molar-refractivity contribution >= 4 is 40.5 Å². The SMILES string of the molecule is NCCCCC(NC(=O)C(CCC(N)=O)NC(=O)C(N)Cc1c[nH]c2ccccc12)C(=O)NC(Cc1cnc[nH]1)C(=O)O. The summed E-state index contributed by atoms with van der Waals surface area (Å²) in [5.41, 5.74) is 19.3. The number of para-hydroxylation sites is 1. The molecule has 12 N–H and O–H groups in total. The Morgan fingerprint density at radius 2 is 1.56 bits per heavy atom. The molecule has 2 aromatic heterocycles. The van der Waals surface area contributed by atoms with Crippen LogP contribution in [0.1, 0.15) is 43.4 Å². The molecule has 0 spiro atoms. The number of H-pyrrole nitrogens is 2. The number of rotatable bonds is 18. The number of aromatic amines is 2. The number of nitrogens with two attached hydrogens (primary N) is 3. The van der Waals surface area contributed by atoms with Gasteiger partial charge in [0.15, 0.2) is 0 Å². The molecule has 3 aromatic rings. The molecular formula is C28H39N9O6. The average molecular weight is 598 g/mol. The number of primary amides is 1. The van der Waals surface area contributed by atoms with E-state index in [1.807, 2.05) is 24.3 Å². The first-order chi connectivity index (χ1) is 20.6. The highest BCUT2D eigenvalue weighted by atomic mass is 16.4. The lowest BCUT2D eigenvalue weighted by Gasteiger charge is -2.25. The number of hydrogen-bond donors (Lipinski definition) is 9. The molecule has 0 saturated heterocycles. The highest BCUT2D eigenvalue weighted by Gasteiger charge is 2.31. The second-order valence-corrected chi connectivity index (χ2v) is 10.3. The minimum atomic E-state index is -1.30. The molecule has 4 unspecified atom stereocenters. The van der Waals surface area contributed by atoms with Crippen LogP contribution in [0.2, 0.25) is 0 Å². The van der Waals surface area contributed by atoms with Crippen LogP contribution in [0.4, 0.5) is 0 Å². The zero-order chi connectivity index (χ0) is 31.4. The lowest BCUT2D eigenvalue weighted by molar-refractivity contribution is -0.142. The number of imidazole rings is 1. The van der Waals surface area contributed by atoms with Gasteiger partial charge in [0.2, 0.25) is 23.6 Å². The van der Waals surface area contributed by atoms with Gasteiger partial charge in [-0.1, -0.05) is 18.2 Å². The van der Waals surface area contributed by atoms with E-state index in [0.29, 0.717) is 25.1 Å². The molecule has 232 valence electrons. The zero-order valence-corrected chi connectivity index (χ0v) is 23.7. The summed E-state index contributed by atoms with van der Waals surface area (Å²) in [7, 11) is 0. The minimum Gasteiger partial charge on any atom is -0.480 e. The van der Waals surface area contributed by atoms with E-state index >= 15 is 0 Å². The van der Waals surface area contributed by atoms with Crippen LogP contribution in [0.15, 0.2) is 43.0 Å². The van der Waals surface area contributed by atoms with E-state index in [0.717, 1.165) is 16.5 Å². The maximum absolute atomic E-state index is 13.4. The molecule has 3 rings (SSSR count). The van der Waals surface area contributed by atoms with Gasteiger partial charge in [-0.25, -0.2) is 9.78 Å². The van der Waals surface area contributed by atoms with Crippen molar-refractivity contribution in [2.45, 2.75) is 69.1 Å². The fraction of sp³-hybridized carbons (Fsp3) is 0.429. The largest absolute Gasteiger partial charge is 0.480 e. The summed E-state index contributed by atoms with van der Waals surface area (Å²) in [6, 6.07) is 2.84. The molecule has 4 amide bonds. The summed E-state index contributed by atoms with van der Waals surface area (Å²) in [5, 5.41) is 18.2. The molecule has 0 fully saturated rings. The van der Waals surface area contributed by atoms with E-state index in [1.165, 1.54) is 12.5 Å². The smallest absolute Gasteiger partial charge is 0.326 e. The van der Waals surface area contributed by atoms with E-state index in [-0.39, 0.29) is 32.1 Å². The Hall–Kier alpha value is -4.76. The molecule has 15 nitrogen and oxygen atoms in total. The molecule has 0 aliphatic heterocycles. The van der Waals surface area contributed by atoms with Crippen molar-refractivity contribution in [3.8, 4) is 0 Å². The second kappa shape index (κ2) is 16.0. The van der Waals surface area contributed by atoms with E-state index in [1.54, 1.807) is 6.20 Å². The molecule has 0 aliphatic carbocycles. The Kier molecular flexibility index (Phi) is 12.2. The average Bonchev–Trinajstić information content (AvgIpc) is 3.64. The van der Waals surface area contributed by atoms with Crippen LogP contribution in [-0.4, -0.2) is 80.4 Å². The third-order valence-electron chi connectivity index (χ3n) is 6.94. The van der Waals surface area contributed by atoms with Crippen LogP contribution in [0.3, 0.4) is 0 Å². The number of carbonyl (C=O) groups is 5. The number of nitrogens with zero attached hydrogens (tertiary/aromatic N) is 1. The van der Waals surface area contributed by atoms with Crippen molar-refractivity contribution in [1.29, 1.82) is 0 Å². The van der Waals surface area contributed by atoms with Gasteiger partial charge in [-0.15, -0.1) is 0 Å². The number of aliphatic carboxylic acids is 1. The zero-order valence-electron chi connectivity index (χ0n) is 23.7. The molecule has 0 saturated carbocycles. The van der Waals surface area contributed by atoms with Crippen molar-refractivity contribution in [2.24, 2.45) is 17.2 Å². The number of benzene rings is 1. The number of unbranched alkanes of at least 4 members (excludes halogenated alkanes) is 1. The lowest BCUT2D eigenvalue weighted by atomic mass is 10.0. The predicted molar refractivity (Wildman–Crippen MR) is 157 cm³/mol. The van der Waals surface area contributed by atoms with E-state index in [9.17, 15) is 29.1 Å². The van der Waals surface area contributed by atoms with Crippen molar-refractivity contribution < 1.29 is 29.1 Å². The number of hydrogen-bond acceptors (Lipinski definition) is 8. The van der Waals surface area contributed by atoms with Gasteiger partial charge in [-0.05, 0) is 50.3 Å². The number of carbonyl (C=O) groups excluding carboxylic acids is 4. The third-order valence-corrected chi connectivity index (χ3v) is 6.94. The summed E-state index contributed by atoms with van der Waals surface area (Å²) in [6.45, 7) is 0.353. The Bertz CT molecular complexity index is 1390. The number of aromatic nitrogens is 3. The molecule has 0 radical (unpaired) electrons. The maximum Gasteiger partial charge on any atom is 0.326 e. The first-order valence-corrected chi connectivity index (χ1v) is 14.0. The van der Waals surface area contributed by atoms with Gasteiger partial charge in [0.05, 0.1) is 12.4 Å². The van der Waals surface area contributed by atoms with E-state index in [2.05, 4.69) is 30.9 Å². The van der Waals surface area contributed by atoms with E-state index in [4.69, 9.17) is 17.2 Å². The van der Waals surface area contributed by atoms with Crippen molar-refractivity contribution in [3.05, 3.63) is 54.2 Å². The number of nitrogens with one attached hydrogen (secondary N) is 5. The summed E-state index contributed by atoms with van der Waals surface area (Å²) < 4.78 is 0. The molecule has 0 aliphatic rings. The monoisotopic (exact) mass is 597 g/mol. The van der Waals surface area contributed by atoms with Crippen molar-refractivity contribution in [3.63, 3.8) is 0 Å². The fourth-order valence-electron chi connectivity index (χ4n) is 4.59.